The number of hydrogen-bond acceptors (Lipinski definition) is 4. The third kappa shape index (κ3) is 6.09. The van der Waals surface area contributed by atoms with Gasteiger partial charge in [-0.05, 0) is 73.5 Å². The van der Waals surface area contributed by atoms with E-state index < -0.39 is 0 Å². The van der Waals surface area contributed by atoms with Gasteiger partial charge in [0.05, 0.1) is 7.11 Å². The summed E-state index contributed by atoms with van der Waals surface area (Å²) in [6, 6.07) is 18.2. The molecule has 0 spiro atoms. The number of anilines is 2. The van der Waals surface area contributed by atoms with Gasteiger partial charge in [0.2, 0.25) is 5.91 Å². The Labute approximate surface area is 182 Å². The maximum absolute atomic E-state index is 12.8. The maximum Gasteiger partial charge on any atom is 0.255 e. The Kier molecular flexibility index (Phi) is 6.92. The molecule has 0 fully saturated rings. The summed E-state index contributed by atoms with van der Waals surface area (Å²) in [7, 11) is 1.59. The van der Waals surface area contributed by atoms with E-state index in [0.717, 1.165) is 22.4 Å². The van der Waals surface area contributed by atoms with Crippen molar-refractivity contribution in [2.24, 2.45) is 0 Å². The molecule has 6 heteroatoms. The maximum atomic E-state index is 12.8. The van der Waals surface area contributed by atoms with Gasteiger partial charge in [-0.1, -0.05) is 12.1 Å². The fourth-order valence-electron chi connectivity index (χ4n) is 3.29. The first-order valence-electron chi connectivity index (χ1n) is 9.91. The van der Waals surface area contributed by atoms with Crippen LogP contribution in [0.4, 0.5) is 11.4 Å². The lowest BCUT2D eigenvalue weighted by Crippen LogP contribution is -2.13. The van der Waals surface area contributed by atoms with Crippen molar-refractivity contribution in [3.8, 4) is 11.5 Å². The van der Waals surface area contributed by atoms with E-state index in [0.29, 0.717) is 22.7 Å². The number of carbonyl (C=O) groups is 2. The second kappa shape index (κ2) is 9.80. The Bertz CT molecular complexity index is 1090. The molecule has 2 N–H and O–H groups in total. The fraction of sp³-hybridized carbons (Fsp3) is 0.200. The lowest BCUT2D eigenvalue weighted by atomic mass is 10.1. The molecular formula is C25H26N2O4. The monoisotopic (exact) mass is 418 g/mol. The zero-order valence-electron chi connectivity index (χ0n) is 18.1. The summed E-state index contributed by atoms with van der Waals surface area (Å²) in [6.07, 6.45) is 0. The van der Waals surface area contributed by atoms with Crippen molar-refractivity contribution in [1.29, 1.82) is 0 Å². The van der Waals surface area contributed by atoms with Crippen LogP contribution in [0.1, 0.15) is 34.0 Å². The number of nitrogens with one attached hydrogen (secondary N) is 2. The third-order valence-electron chi connectivity index (χ3n) is 4.57. The number of ether oxygens (including phenoxy) is 2. The first-order valence-corrected chi connectivity index (χ1v) is 9.91. The van der Waals surface area contributed by atoms with Gasteiger partial charge in [-0.25, -0.2) is 0 Å². The fourth-order valence-corrected chi connectivity index (χ4v) is 3.29. The molecule has 0 aliphatic carbocycles. The molecule has 0 radical (unpaired) electrons. The Morgan fingerprint density at radius 2 is 1.55 bits per heavy atom. The molecule has 0 saturated carbocycles. The summed E-state index contributed by atoms with van der Waals surface area (Å²) in [5.74, 6) is 0.972. The SMILES string of the molecule is COc1ccc(C(=O)Nc2cccc(NC(C)=O)c2)cc1COc1cc(C)cc(C)c1. The summed E-state index contributed by atoms with van der Waals surface area (Å²) < 4.78 is 11.4. The van der Waals surface area contributed by atoms with E-state index in [2.05, 4.69) is 16.7 Å². The second-order valence-electron chi connectivity index (χ2n) is 7.35. The van der Waals surface area contributed by atoms with E-state index in [1.807, 2.05) is 26.0 Å². The molecule has 0 heterocycles. The van der Waals surface area contributed by atoms with Crippen LogP contribution in [-0.4, -0.2) is 18.9 Å². The van der Waals surface area contributed by atoms with Gasteiger partial charge in [-0.2, -0.15) is 0 Å². The summed E-state index contributed by atoms with van der Waals surface area (Å²) in [5.41, 5.74) is 4.68. The molecule has 0 aliphatic rings. The molecular weight excluding hydrogens is 392 g/mol. The second-order valence-corrected chi connectivity index (χ2v) is 7.35. The molecule has 6 nitrogen and oxygen atoms in total. The van der Waals surface area contributed by atoms with Gasteiger partial charge in [-0.15, -0.1) is 0 Å². The van der Waals surface area contributed by atoms with Crippen molar-refractivity contribution >= 4 is 23.2 Å². The predicted molar refractivity (Wildman–Crippen MR) is 122 cm³/mol. The van der Waals surface area contributed by atoms with E-state index in [4.69, 9.17) is 9.47 Å². The molecule has 160 valence electrons. The molecule has 3 aromatic rings. The van der Waals surface area contributed by atoms with Crippen LogP contribution in [0.5, 0.6) is 11.5 Å². The minimum atomic E-state index is -0.268. The van der Waals surface area contributed by atoms with E-state index in [1.165, 1.54) is 6.92 Å². The first-order chi connectivity index (χ1) is 14.8. The number of amides is 2. The van der Waals surface area contributed by atoms with Crippen molar-refractivity contribution in [2.45, 2.75) is 27.4 Å². The van der Waals surface area contributed by atoms with Gasteiger partial charge >= 0.3 is 0 Å². The van der Waals surface area contributed by atoms with Crippen molar-refractivity contribution in [2.75, 3.05) is 17.7 Å². The van der Waals surface area contributed by atoms with E-state index in [-0.39, 0.29) is 18.4 Å². The smallest absolute Gasteiger partial charge is 0.255 e. The van der Waals surface area contributed by atoms with Gasteiger partial charge in [0.1, 0.15) is 18.1 Å². The van der Waals surface area contributed by atoms with E-state index in [9.17, 15) is 9.59 Å². The van der Waals surface area contributed by atoms with Crippen LogP contribution < -0.4 is 20.1 Å². The molecule has 0 saturated heterocycles. The molecule has 0 unspecified atom stereocenters. The summed E-state index contributed by atoms with van der Waals surface area (Å²) in [4.78, 5) is 24.0. The van der Waals surface area contributed by atoms with Gasteiger partial charge in [0.25, 0.3) is 5.91 Å². The molecule has 3 aromatic carbocycles. The van der Waals surface area contributed by atoms with Crippen LogP contribution in [0.15, 0.2) is 60.7 Å². The topological polar surface area (TPSA) is 76.7 Å². The quantitative estimate of drug-likeness (QED) is 0.560. The molecule has 0 aromatic heterocycles. The molecule has 31 heavy (non-hydrogen) atoms. The van der Waals surface area contributed by atoms with Crippen LogP contribution >= 0.6 is 0 Å². The van der Waals surface area contributed by atoms with Crippen molar-refractivity contribution in [3.63, 3.8) is 0 Å². The molecule has 3 rings (SSSR count). The third-order valence-corrected chi connectivity index (χ3v) is 4.57. The number of rotatable bonds is 7. The molecule has 0 bridgehead atoms. The number of benzene rings is 3. The average molecular weight is 418 g/mol. The summed E-state index contributed by atoms with van der Waals surface area (Å²) in [6.45, 7) is 5.74. The van der Waals surface area contributed by atoms with Crippen LogP contribution in [0.2, 0.25) is 0 Å². The van der Waals surface area contributed by atoms with Crippen LogP contribution in [0, 0.1) is 13.8 Å². The van der Waals surface area contributed by atoms with Gasteiger partial charge < -0.3 is 20.1 Å². The average Bonchev–Trinajstić information content (AvgIpc) is 2.71. The molecule has 0 atom stereocenters. The van der Waals surface area contributed by atoms with E-state index in [1.54, 1.807) is 49.6 Å². The molecule has 2 amide bonds. The number of methoxy groups -OCH3 is 1. The van der Waals surface area contributed by atoms with Gasteiger partial charge in [-0.3, -0.25) is 9.59 Å². The first kappa shape index (κ1) is 21.9. The Hall–Kier alpha value is -3.80. The minimum absolute atomic E-state index is 0.174. The highest BCUT2D eigenvalue weighted by Crippen LogP contribution is 2.24. The largest absolute Gasteiger partial charge is 0.496 e. The Morgan fingerprint density at radius 1 is 0.871 bits per heavy atom. The standard InChI is InChI=1S/C25H26N2O4/c1-16-10-17(2)12-23(11-16)31-15-20-13-19(8-9-24(20)30-4)25(29)27-22-7-5-6-21(14-22)26-18(3)28/h5-14H,15H2,1-4H3,(H,26,28)(H,27,29). The number of hydrogen-bond donors (Lipinski definition) is 2. The normalized spacial score (nSPS) is 10.3. The van der Waals surface area contributed by atoms with Crippen LogP contribution in [-0.2, 0) is 11.4 Å². The molecule has 0 aliphatic heterocycles. The Balaban J connectivity index is 1.76. The van der Waals surface area contributed by atoms with Gasteiger partial charge in [0, 0.05) is 29.4 Å². The van der Waals surface area contributed by atoms with Crippen molar-refractivity contribution in [3.05, 3.63) is 82.9 Å². The minimum Gasteiger partial charge on any atom is -0.496 e. The lowest BCUT2D eigenvalue weighted by Gasteiger charge is -2.13. The van der Waals surface area contributed by atoms with Crippen LogP contribution in [0.25, 0.3) is 0 Å². The van der Waals surface area contributed by atoms with E-state index >= 15 is 0 Å². The zero-order chi connectivity index (χ0) is 22.4. The highest BCUT2D eigenvalue weighted by Gasteiger charge is 2.12. The Morgan fingerprint density at radius 3 is 2.19 bits per heavy atom. The highest BCUT2D eigenvalue weighted by atomic mass is 16.5. The van der Waals surface area contributed by atoms with Gasteiger partial charge in [0.15, 0.2) is 0 Å². The predicted octanol–water partition coefficient (Wildman–Crippen LogP) is 5.10. The number of carbonyl (C=O) groups excluding carboxylic acids is 2. The zero-order valence-corrected chi connectivity index (χ0v) is 18.1. The summed E-state index contributed by atoms with van der Waals surface area (Å²) in [5, 5.41) is 5.55. The number of aryl methyl sites for hydroxylation is 2. The van der Waals surface area contributed by atoms with Crippen molar-refractivity contribution in [1.82, 2.24) is 0 Å². The van der Waals surface area contributed by atoms with Crippen molar-refractivity contribution < 1.29 is 19.1 Å². The highest BCUT2D eigenvalue weighted by molar-refractivity contribution is 6.05. The van der Waals surface area contributed by atoms with Crippen LogP contribution in [0.3, 0.4) is 0 Å². The summed E-state index contributed by atoms with van der Waals surface area (Å²) >= 11 is 0. The lowest BCUT2D eigenvalue weighted by molar-refractivity contribution is -0.114.